The van der Waals surface area contributed by atoms with Crippen molar-refractivity contribution in [3.8, 4) is 6.07 Å². The molecule has 15 heavy (non-hydrogen) atoms. The molecule has 80 valence electrons. The molecule has 0 aromatic carbocycles. The molecule has 1 rings (SSSR count). The van der Waals surface area contributed by atoms with Gasteiger partial charge in [0, 0.05) is 26.6 Å². The number of anilines is 1. The molecule has 0 N–H and O–H groups in total. The van der Waals surface area contributed by atoms with Crippen LogP contribution in [0.1, 0.15) is 12.6 Å². The predicted molar refractivity (Wildman–Crippen MR) is 56.5 cm³/mol. The van der Waals surface area contributed by atoms with E-state index in [-0.39, 0.29) is 6.04 Å². The molecule has 0 radical (unpaired) electrons. The van der Waals surface area contributed by atoms with Crippen LogP contribution in [0.5, 0.6) is 0 Å². The molecular formula is C10H14N4O. The lowest BCUT2D eigenvalue weighted by molar-refractivity contribution is 0.183. The zero-order valence-electron chi connectivity index (χ0n) is 9.14. The van der Waals surface area contributed by atoms with Crippen molar-refractivity contribution in [1.29, 1.82) is 5.26 Å². The maximum atomic E-state index is 8.87. The Labute approximate surface area is 89.3 Å². The maximum absolute atomic E-state index is 8.87. The van der Waals surface area contributed by atoms with Gasteiger partial charge in [0.15, 0.2) is 11.5 Å². The number of nitriles is 1. The van der Waals surface area contributed by atoms with Crippen LogP contribution in [-0.2, 0) is 4.74 Å². The summed E-state index contributed by atoms with van der Waals surface area (Å²) in [4.78, 5) is 9.98. The Kier molecular flexibility index (Phi) is 4.01. The Bertz CT molecular complexity index is 361. The fourth-order valence-corrected chi connectivity index (χ4v) is 1.23. The highest BCUT2D eigenvalue weighted by Crippen LogP contribution is 2.14. The zero-order valence-corrected chi connectivity index (χ0v) is 9.14. The number of hydrogen-bond donors (Lipinski definition) is 0. The van der Waals surface area contributed by atoms with Crippen LogP contribution < -0.4 is 4.90 Å². The van der Waals surface area contributed by atoms with E-state index in [2.05, 4.69) is 9.97 Å². The minimum atomic E-state index is 0.152. The van der Waals surface area contributed by atoms with Gasteiger partial charge >= 0.3 is 0 Å². The van der Waals surface area contributed by atoms with Gasteiger partial charge in [0.05, 0.1) is 12.6 Å². The predicted octanol–water partition coefficient (Wildman–Crippen LogP) is 0.819. The van der Waals surface area contributed by atoms with Crippen molar-refractivity contribution >= 4 is 5.82 Å². The first-order valence-corrected chi connectivity index (χ1v) is 4.63. The maximum Gasteiger partial charge on any atom is 0.183 e. The molecule has 5 nitrogen and oxygen atoms in total. The zero-order chi connectivity index (χ0) is 11.3. The van der Waals surface area contributed by atoms with Crippen LogP contribution in [0.25, 0.3) is 0 Å². The van der Waals surface area contributed by atoms with E-state index in [1.165, 1.54) is 6.20 Å². The van der Waals surface area contributed by atoms with E-state index in [0.717, 1.165) is 0 Å². The van der Waals surface area contributed by atoms with Gasteiger partial charge in [-0.1, -0.05) is 0 Å². The minimum Gasteiger partial charge on any atom is -0.383 e. The topological polar surface area (TPSA) is 62.0 Å². The van der Waals surface area contributed by atoms with Crippen LogP contribution >= 0.6 is 0 Å². The Balaban J connectivity index is 2.91. The van der Waals surface area contributed by atoms with E-state index in [9.17, 15) is 0 Å². The third-order valence-electron chi connectivity index (χ3n) is 2.19. The van der Waals surface area contributed by atoms with Gasteiger partial charge in [-0.3, -0.25) is 0 Å². The van der Waals surface area contributed by atoms with Gasteiger partial charge in [0.25, 0.3) is 0 Å². The standard InChI is InChI=1S/C10H14N4O/c1-8(7-15-3)14(2)10-9(6-11)12-4-5-13-10/h4-5,8H,7H2,1-3H3. The van der Waals surface area contributed by atoms with Gasteiger partial charge < -0.3 is 9.64 Å². The lowest BCUT2D eigenvalue weighted by atomic mass is 10.3. The van der Waals surface area contributed by atoms with E-state index < -0.39 is 0 Å². The summed E-state index contributed by atoms with van der Waals surface area (Å²) in [6, 6.07) is 2.17. The average molecular weight is 206 g/mol. The molecule has 0 spiro atoms. The van der Waals surface area contributed by atoms with Gasteiger partial charge in [0.2, 0.25) is 0 Å². The molecule has 1 atom stereocenters. The summed E-state index contributed by atoms with van der Waals surface area (Å²) in [5.74, 6) is 0.588. The summed E-state index contributed by atoms with van der Waals surface area (Å²) in [6.45, 7) is 2.58. The number of nitrogens with zero attached hydrogens (tertiary/aromatic N) is 4. The molecule has 1 aromatic heterocycles. The minimum absolute atomic E-state index is 0.152. The van der Waals surface area contributed by atoms with E-state index in [4.69, 9.17) is 10.00 Å². The molecule has 1 unspecified atom stereocenters. The fraction of sp³-hybridized carbons (Fsp3) is 0.500. The Morgan fingerprint density at radius 2 is 2.20 bits per heavy atom. The summed E-state index contributed by atoms with van der Waals surface area (Å²) in [5.41, 5.74) is 0.336. The molecule has 0 aliphatic carbocycles. The van der Waals surface area contributed by atoms with Gasteiger partial charge in [-0.05, 0) is 6.92 Å². The Morgan fingerprint density at radius 1 is 1.53 bits per heavy atom. The second-order valence-electron chi connectivity index (χ2n) is 3.26. The van der Waals surface area contributed by atoms with Crippen molar-refractivity contribution in [3.05, 3.63) is 18.1 Å². The third-order valence-corrected chi connectivity index (χ3v) is 2.19. The molecule has 0 amide bonds. The first kappa shape index (κ1) is 11.4. The quantitative estimate of drug-likeness (QED) is 0.729. The van der Waals surface area contributed by atoms with Crippen molar-refractivity contribution in [2.45, 2.75) is 13.0 Å². The van der Waals surface area contributed by atoms with Crippen molar-refractivity contribution in [3.63, 3.8) is 0 Å². The Morgan fingerprint density at radius 3 is 2.80 bits per heavy atom. The molecule has 0 fully saturated rings. The SMILES string of the molecule is COCC(C)N(C)c1nccnc1C#N. The van der Waals surface area contributed by atoms with Gasteiger partial charge in [0.1, 0.15) is 6.07 Å². The summed E-state index contributed by atoms with van der Waals surface area (Å²) in [5, 5.41) is 8.87. The van der Waals surface area contributed by atoms with Crippen molar-refractivity contribution in [2.75, 3.05) is 25.7 Å². The van der Waals surface area contributed by atoms with E-state index >= 15 is 0 Å². The van der Waals surface area contributed by atoms with Gasteiger partial charge in [-0.15, -0.1) is 0 Å². The molecule has 5 heteroatoms. The van der Waals surface area contributed by atoms with Crippen LogP contribution in [0.3, 0.4) is 0 Å². The van der Waals surface area contributed by atoms with Crippen LogP contribution in [0.4, 0.5) is 5.82 Å². The number of rotatable bonds is 4. The highest BCUT2D eigenvalue weighted by atomic mass is 16.5. The highest BCUT2D eigenvalue weighted by Gasteiger charge is 2.15. The normalized spacial score (nSPS) is 11.9. The number of aromatic nitrogens is 2. The van der Waals surface area contributed by atoms with Crippen LogP contribution in [-0.4, -0.2) is 36.8 Å². The van der Waals surface area contributed by atoms with Crippen LogP contribution in [0.15, 0.2) is 12.4 Å². The first-order valence-electron chi connectivity index (χ1n) is 4.63. The number of methoxy groups -OCH3 is 1. The second-order valence-corrected chi connectivity index (χ2v) is 3.26. The lowest BCUT2D eigenvalue weighted by Gasteiger charge is -2.25. The van der Waals surface area contributed by atoms with E-state index in [0.29, 0.717) is 18.1 Å². The van der Waals surface area contributed by atoms with Crippen molar-refractivity contribution in [2.24, 2.45) is 0 Å². The summed E-state index contributed by atoms with van der Waals surface area (Å²) >= 11 is 0. The Hall–Kier alpha value is -1.67. The first-order chi connectivity index (χ1) is 7.20. The lowest BCUT2D eigenvalue weighted by Crippen LogP contribution is -2.33. The molecular weight excluding hydrogens is 192 g/mol. The number of hydrogen-bond acceptors (Lipinski definition) is 5. The summed E-state index contributed by atoms with van der Waals surface area (Å²) < 4.78 is 5.05. The molecule has 1 heterocycles. The molecule has 0 aliphatic heterocycles. The molecule has 0 aliphatic rings. The molecule has 0 saturated carbocycles. The molecule has 1 aromatic rings. The van der Waals surface area contributed by atoms with Crippen LogP contribution in [0.2, 0.25) is 0 Å². The van der Waals surface area contributed by atoms with Gasteiger partial charge in [-0.2, -0.15) is 5.26 Å². The highest BCUT2D eigenvalue weighted by molar-refractivity contribution is 5.49. The summed E-state index contributed by atoms with van der Waals surface area (Å²) in [7, 11) is 3.51. The largest absolute Gasteiger partial charge is 0.383 e. The van der Waals surface area contributed by atoms with Crippen molar-refractivity contribution in [1.82, 2.24) is 9.97 Å². The molecule has 0 bridgehead atoms. The fourth-order valence-electron chi connectivity index (χ4n) is 1.23. The van der Waals surface area contributed by atoms with Gasteiger partial charge in [-0.25, -0.2) is 9.97 Å². The third kappa shape index (κ3) is 2.64. The average Bonchev–Trinajstić information content (AvgIpc) is 2.28. The van der Waals surface area contributed by atoms with E-state index in [1.54, 1.807) is 13.3 Å². The van der Waals surface area contributed by atoms with Crippen molar-refractivity contribution < 1.29 is 4.74 Å². The number of likely N-dealkylation sites (N-methyl/N-ethyl adjacent to an activating group) is 1. The van der Waals surface area contributed by atoms with E-state index in [1.807, 2.05) is 24.9 Å². The summed E-state index contributed by atoms with van der Waals surface area (Å²) in [6.07, 6.45) is 3.09. The monoisotopic (exact) mass is 206 g/mol. The molecule has 0 saturated heterocycles. The smallest absolute Gasteiger partial charge is 0.183 e. The number of ether oxygens (including phenoxy) is 1. The second kappa shape index (κ2) is 5.27. The van der Waals surface area contributed by atoms with Crippen LogP contribution in [0, 0.1) is 11.3 Å².